The van der Waals surface area contributed by atoms with Gasteiger partial charge in [0.25, 0.3) is 0 Å². The van der Waals surface area contributed by atoms with Crippen molar-refractivity contribution in [2.24, 2.45) is 0 Å². The summed E-state index contributed by atoms with van der Waals surface area (Å²) in [5, 5.41) is 5.99. The van der Waals surface area contributed by atoms with Gasteiger partial charge in [-0.05, 0) is 46.3 Å². The van der Waals surface area contributed by atoms with Gasteiger partial charge in [-0.15, -0.1) is 0 Å². The van der Waals surface area contributed by atoms with Crippen LogP contribution in [0, 0.1) is 5.82 Å². The van der Waals surface area contributed by atoms with Crippen LogP contribution in [0.3, 0.4) is 0 Å². The number of halogens is 3. The smallest absolute Gasteiger partial charge is 0.243 e. The molecule has 104 valence electrons. The Morgan fingerprint density at radius 2 is 1.95 bits per heavy atom. The minimum absolute atomic E-state index is 0.00722. The molecule has 1 amide bonds. The second-order valence-electron chi connectivity index (χ2n) is 4.01. The molecule has 0 atom stereocenters. The van der Waals surface area contributed by atoms with Gasteiger partial charge in [0.2, 0.25) is 5.91 Å². The minimum Gasteiger partial charge on any atom is -0.375 e. The van der Waals surface area contributed by atoms with E-state index in [-0.39, 0.29) is 18.3 Å². The number of carbonyl (C=O) groups excluding carboxylic acids is 1. The van der Waals surface area contributed by atoms with Gasteiger partial charge >= 0.3 is 0 Å². The summed E-state index contributed by atoms with van der Waals surface area (Å²) in [5.74, 6) is -0.642. The van der Waals surface area contributed by atoms with Crippen LogP contribution in [0.1, 0.15) is 0 Å². The average molecular weight is 358 g/mol. The van der Waals surface area contributed by atoms with Crippen molar-refractivity contribution in [1.82, 2.24) is 0 Å². The predicted molar refractivity (Wildman–Crippen MR) is 82.7 cm³/mol. The molecular weight excluding hydrogens is 347 g/mol. The van der Waals surface area contributed by atoms with Gasteiger partial charge in [0.15, 0.2) is 0 Å². The van der Waals surface area contributed by atoms with E-state index in [1.54, 1.807) is 30.3 Å². The number of para-hydroxylation sites is 1. The van der Waals surface area contributed by atoms with Crippen LogP contribution in [0.15, 0.2) is 46.9 Å². The molecular formula is C14H11BrClFN2O. The standard InChI is InChI=1S/C14H11BrClFN2O/c15-10-6-5-9(17)7-13(10)18-8-14(20)19-12-4-2-1-3-11(12)16/h1-7,18H,8H2,(H,19,20). The molecule has 0 bridgehead atoms. The second-order valence-corrected chi connectivity index (χ2v) is 5.27. The first-order valence-electron chi connectivity index (χ1n) is 5.79. The molecule has 3 nitrogen and oxygen atoms in total. The lowest BCUT2D eigenvalue weighted by Crippen LogP contribution is -2.22. The predicted octanol–water partition coefficient (Wildman–Crippen LogP) is 4.29. The molecule has 0 spiro atoms. The molecule has 2 aromatic carbocycles. The van der Waals surface area contributed by atoms with Gasteiger partial charge < -0.3 is 10.6 Å². The van der Waals surface area contributed by atoms with Crippen LogP contribution in [0.2, 0.25) is 5.02 Å². The van der Waals surface area contributed by atoms with Gasteiger partial charge in [0.05, 0.1) is 22.9 Å². The average Bonchev–Trinajstić information content (AvgIpc) is 2.42. The largest absolute Gasteiger partial charge is 0.375 e. The van der Waals surface area contributed by atoms with Crippen molar-refractivity contribution in [2.75, 3.05) is 17.2 Å². The lowest BCUT2D eigenvalue weighted by atomic mass is 10.3. The Labute approximate surface area is 129 Å². The number of amides is 1. The molecule has 0 saturated carbocycles. The highest BCUT2D eigenvalue weighted by Gasteiger charge is 2.07. The zero-order valence-corrected chi connectivity index (χ0v) is 12.6. The van der Waals surface area contributed by atoms with E-state index in [9.17, 15) is 9.18 Å². The fourth-order valence-corrected chi connectivity index (χ4v) is 2.14. The molecule has 6 heteroatoms. The highest BCUT2D eigenvalue weighted by molar-refractivity contribution is 9.10. The van der Waals surface area contributed by atoms with Gasteiger partial charge in [-0.2, -0.15) is 0 Å². The van der Waals surface area contributed by atoms with Crippen LogP contribution in [-0.4, -0.2) is 12.5 Å². The zero-order valence-electron chi connectivity index (χ0n) is 10.3. The van der Waals surface area contributed by atoms with Crippen LogP contribution in [-0.2, 0) is 4.79 Å². The maximum atomic E-state index is 13.1. The van der Waals surface area contributed by atoms with Crippen LogP contribution < -0.4 is 10.6 Å². The highest BCUT2D eigenvalue weighted by Crippen LogP contribution is 2.23. The molecule has 0 aromatic heterocycles. The normalized spacial score (nSPS) is 10.2. The SMILES string of the molecule is O=C(CNc1cc(F)ccc1Br)Nc1ccccc1Cl. The van der Waals surface area contributed by atoms with E-state index in [4.69, 9.17) is 11.6 Å². The van der Waals surface area contributed by atoms with Crippen LogP contribution in [0.25, 0.3) is 0 Å². The van der Waals surface area contributed by atoms with Gasteiger partial charge in [-0.3, -0.25) is 4.79 Å². The van der Waals surface area contributed by atoms with Crippen molar-refractivity contribution in [2.45, 2.75) is 0 Å². The Balaban J connectivity index is 1.96. The van der Waals surface area contributed by atoms with Crippen LogP contribution in [0.4, 0.5) is 15.8 Å². The lowest BCUT2D eigenvalue weighted by molar-refractivity contribution is -0.114. The maximum Gasteiger partial charge on any atom is 0.243 e. The first kappa shape index (κ1) is 14.8. The third kappa shape index (κ3) is 3.95. The quantitative estimate of drug-likeness (QED) is 0.857. The topological polar surface area (TPSA) is 41.1 Å². The van der Waals surface area contributed by atoms with E-state index in [1.807, 2.05) is 0 Å². The Bertz CT molecular complexity index is 636. The number of carbonyl (C=O) groups is 1. The van der Waals surface area contributed by atoms with E-state index in [0.717, 1.165) is 0 Å². The fraction of sp³-hybridized carbons (Fsp3) is 0.0714. The van der Waals surface area contributed by atoms with E-state index in [0.29, 0.717) is 20.9 Å². The second kappa shape index (κ2) is 6.72. The van der Waals surface area contributed by atoms with E-state index < -0.39 is 0 Å². The molecule has 0 heterocycles. The van der Waals surface area contributed by atoms with Crippen LogP contribution >= 0.6 is 27.5 Å². The summed E-state index contributed by atoms with van der Waals surface area (Å²) >= 11 is 9.22. The lowest BCUT2D eigenvalue weighted by Gasteiger charge is -2.10. The number of nitrogens with one attached hydrogen (secondary N) is 2. The van der Waals surface area contributed by atoms with E-state index >= 15 is 0 Å². The molecule has 20 heavy (non-hydrogen) atoms. The first-order chi connectivity index (χ1) is 9.56. The van der Waals surface area contributed by atoms with Crippen molar-refractivity contribution in [3.05, 3.63) is 57.8 Å². The van der Waals surface area contributed by atoms with E-state index in [1.165, 1.54) is 12.1 Å². The highest BCUT2D eigenvalue weighted by atomic mass is 79.9. The third-order valence-corrected chi connectivity index (χ3v) is 3.54. The molecule has 0 unspecified atom stereocenters. The minimum atomic E-state index is -0.373. The molecule has 2 N–H and O–H groups in total. The Morgan fingerprint density at radius 1 is 1.20 bits per heavy atom. The van der Waals surface area contributed by atoms with Gasteiger partial charge in [-0.25, -0.2) is 4.39 Å². The zero-order chi connectivity index (χ0) is 14.5. The molecule has 2 rings (SSSR count). The Morgan fingerprint density at radius 3 is 2.70 bits per heavy atom. The molecule has 2 aromatic rings. The summed E-state index contributed by atoms with van der Waals surface area (Å²) in [5.41, 5.74) is 1.05. The summed E-state index contributed by atoms with van der Waals surface area (Å²) in [6.45, 7) is 0.00722. The molecule has 0 saturated heterocycles. The molecule has 0 radical (unpaired) electrons. The number of rotatable bonds is 4. The summed E-state index contributed by atoms with van der Waals surface area (Å²) in [4.78, 5) is 11.8. The van der Waals surface area contributed by atoms with Gasteiger partial charge in [-0.1, -0.05) is 23.7 Å². The summed E-state index contributed by atoms with van der Waals surface area (Å²) < 4.78 is 13.8. The van der Waals surface area contributed by atoms with Crippen molar-refractivity contribution in [3.63, 3.8) is 0 Å². The van der Waals surface area contributed by atoms with Gasteiger partial charge in [0, 0.05) is 4.47 Å². The van der Waals surface area contributed by atoms with Crippen molar-refractivity contribution >= 4 is 44.8 Å². The third-order valence-electron chi connectivity index (χ3n) is 2.52. The summed E-state index contributed by atoms with van der Waals surface area (Å²) in [7, 11) is 0. The molecule has 0 fully saturated rings. The maximum absolute atomic E-state index is 13.1. The molecule has 0 aliphatic carbocycles. The fourth-order valence-electron chi connectivity index (χ4n) is 1.57. The summed E-state index contributed by atoms with van der Waals surface area (Å²) in [6, 6.07) is 11.2. The molecule has 0 aliphatic heterocycles. The van der Waals surface area contributed by atoms with E-state index in [2.05, 4.69) is 26.6 Å². The first-order valence-corrected chi connectivity index (χ1v) is 6.96. The number of anilines is 2. The Kier molecular flexibility index (Phi) is 4.98. The van der Waals surface area contributed by atoms with Crippen molar-refractivity contribution in [1.29, 1.82) is 0 Å². The summed E-state index contributed by atoms with van der Waals surface area (Å²) in [6.07, 6.45) is 0. The van der Waals surface area contributed by atoms with Crippen molar-refractivity contribution in [3.8, 4) is 0 Å². The molecule has 0 aliphatic rings. The monoisotopic (exact) mass is 356 g/mol. The number of hydrogen-bond donors (Lipinski definition) is 2. The van der Waals surface area contributed by atoms with Crippen LogP contribution in [0.5, 0.6) is 0 Å². The van der Waals surface area contributed by atoms with Gasteiger partial charge in [0.1, 0.15) is 5.82 Å². The Hall–Kier alpha value is -1.59. The van der Waals surface area contributed by atoms with Crippen molar-refractivity contribution < 1.29 is 9.18 Å². The number of hydrogen-bond acceptors (Lipinski definition) is 2. The number of benzene rings is 2.